The average Bonchev–Trinajstić information content (AvgIpc) is 3.21. The molecule has 8 nitrogen and oxygen atoms in total. The fourth-order valence-corrected chi connectivity index (χ4v) is 6.25. The second kappa shape index (κ2) is 45.2. The molecule has 330 valence electrons. The topological polar surface area (TPSA) is 117 Å². The number of carbonyl (C=O) groups excluding carboxylic acids is 1. The van der Waals surface area contributed by atoms with Crippen LogP contribution in [0.4, 0.5) is 0 Å². The van der Waals surface area contributed by atoms with E-state index in [0.717, 1.165) is 103 Å². The molecule has 9 heteroatoms. The Balaban J connectivity index is 4.14. The van der Waals surface area contributed by atoms with E-state index in [1.807, 2.05) is 0 Å². The first-order valence-electron chi connectivity index (χ1n) is 22.4. The van der Waals surface area contributed by atoms with E-state index in [1.54, 1.807) is 0 Å². The third kappa shape index (κ3) is 44.3. The van der Waals surface area contributed by atoms with Crippen molar-refractivity contribution in [3.8, 4) is 0 Å². The lowest BCUT2D eigenvalue weighted by molar-refractivity contribution is -0.154. The van der Waals surface area contributed by atoms with E-state index in [0.29, 0.717) is 13.0 Å². The fourth-order valence-electron chi connectivity index (χ4n) is 5.48. The van der Waals surface area contributed by atoms with Gasteiger partial charge in [-0.05, 0) is 96.3 Å². The summed E-state index contributed by atoms with van der Waals surface area (Å²) in [5, 5.41) is 0. The number of allylic oxidation sites excluding steroid dienone is 18. The lowest BCUT2D eigenvalue weighted by atomic mass is 10.1. The van der Waals surface area contributed by atoms with Crippen molar-refractivity contribution in [1.82, 2.24) is 0 Å². The van der Waals surface area contributed by atoms with Gasteiger partial charge in [-0.15, -0.1) is 0 Å². The molecule has 0 aliphatic carbocycles. The van der Waals surface area contributed by atoms with Gasteiger partial charge in [0.2, 0.25) is 0 Å². The summed E-state index contributed by atoms with van der Waals surface area (Å²) in [5.41, 5.74) is 5.37. The minimum absolute atomic E-state index is 0.0859. The van der Waals surface area contributed by atoms with Crippen LogP contribution in [0.15, 0.2) is 109 Å². The first kappa shape index (κ1) is 55.2. The van der Waals surface area contributed by atoms with Gasteiger partial charge < -0.3 is 20.1 Å². The number of phosphoric acid groups is 1. The molecule has 0 rings (SSSR count). The van der Waals surface area contributed by atoms with Gasteiger partial charge in [0.15, 0.2) is 0 Å². The first-order valence-corrected chi connectivity index (χ1v) is 23.9. The number of hydrogen-bond donors (Lipinski definition) is 2. The number of carbonyl (C=O) groups is 1. The molecule has 0 bridgehead atoms. The van der Waals surface area contributed by atoms with Crippen LogP contribution in [0.5, 0.6) is 0 Å². The summed E-state index contributed by atoms with van der Waals surface area (Å²) >= 11 is 0. The molecule has 58 heavy (non-hydrogen) atoms. The van der Waals surface area contributed by atoms with Gasteiger partial charge in [-0.3, -0.25) is 13.8 Å². The lowest BCUT2D eigenvalue weighted by Crippen LogP contribution is -2.28. The van der Waals surface area contributed by atoms with Gasteiger partial charge in [0.25, 0.3) is 0 Å². The summed E-state index contributed by atoms with van der Waals surface area (Å²) in [5.74, 6) is -0.371. The van der Waals surface area contributed by atoms with Crippen LogP contribution >= 0.6 is 7.82 Å². The van der Waals surface area contributed by atoms with E-state index in [4.69, 9.17) is 24.3 Å². The van der Waals surface area contributed by atoms with Gasteiger partial charge in [-0.25, -0.2) is 4.57 Å². The predicted molar refractivity (Wildman–Crippen MR) is 247 cm³/mol. The summed E-state index contributed by atoms with van der Waals surface area (Å²) < 4.78 is 33.4. The molecule has 0 fully saturated rings. The number of esters is 1. The van der Waals surface area contributed by atoms with Gasteiger partial charge in [0, 0.05) is 19.6 Å². The van der Waals surface area contributed by atoms with Crippen LogP contribution in [0.1, 0.15) is 155 Å². The van der Waals surface area contributed by atoms with Crippen molar-refractivity contribution in [2.75, 3.05) is 33.0 Å². The largest absolute Gasteiger partial charge is 0.472 e. The normalized spacial score (nSPS) is 14.5. The molecule has 0 radical (unpaired) electrons. The van der Waals surface area contributed by atoms with Gasteiger partial charge in [0.05, 0.1) is 19.8 Å². The van der Waals surface area contributed by atoms with E-state index in [2.05, 4.69) is 123 Å². The highest BCUT2D eigenvalue weighted by Gasteiger charge is 2.25. The Bertz CT molecular complexity index is 1250. The Labute approximate surface area is 354 Å². The minimum Gasteiger partial charge on any atom is -0.457 e. The smallest absolute Gasteiger partial charge is 0.457 e. The highest BCUT2D eigenvalue weighted by atomic mass is 31.2. The van der Waals surface area contributed by atoms with Gasteiger partial charge in [-0.2, -0.15) is 0 Å². The van der Waals surface area contributed by atoms with Gasteiger partial charge in [0.1, 0.15) is 6.10 Å². The molecule has 0 aromatic rings. The van der Waals surface area contributed by atoms with Gasteiger partial charge in [-0.1, -0.05) is 162 Å². The number of rotatable bonds is 41. The SMILES string of the molecule is CC/C=C\C/C=C\C/C=C\C/C=C\C/C=C\CCCCCC(=O)OC(COCCCCCCCCC/C=C\C/C=C\C/C=C\C/C=C\CC)COP(=O)(O)OCCN. The van der Waals surface area contributed by atoms with Crippen molar-refractivity contribution >= 4 is 13.8 Å². The molecular formula is C49H82NO7P. The highest BCUT2D eigenvalue weighted by molar-refractivity contribution is 7.47. The molecule has 0 heterocycles. The molecule has 0 aromatic heterocycles. The summed E-state index contributed by atoms with van der Waals surface area (Å²) in [4.78, 5) is 22.5. The van der Waals surface area contributed by atoms with E-state index < -0.39 is 13.9 Å². The number of ether oxygens (including phenoxy) is 2. The number of nitrogens with two attached hydrogens (primary N) is 1. The summed E-state index contributed by atoms with van der Waals surface area (Å²) in [6, 6.07) is 0. The Hall–Kier alpha value is -2.84. The van der Waals surface area contributed by atoms with Crippen molar-refractivity contribution in [3.63, 3.8) is 0 Å². The third-order valence-electron chi connectivity index (χ3n) is 8.69. The highest BCUT2D eigenvalue weighted by Crippen LogP contribution is 2.43. The third-order valence-corrected chi connectivity index (χ3v) is 9.67. The van der Waals surface area contributed by atoms with Crippen molar-refractivity contribution in [3.05, 3.63) is 109 Å². The molecule has 2 atom stereocenters. The quantitative estimate of drug-likeness (QED) is 0.0271. The maximum Gasteiger partial charge on any atom is 0.472 e. The second-order valence-corrected chi connectivity index (χ2v) is 15.6. The molecule has 2 unspecified atom stereocenters. The maximum absolute atomic E-state index is 12.6. The summed E-state index contributed by atoms with van der Waals surface area (Å²) in [6.07, 6.45) is 61.1. The maximum atomic E-state index is 12.6. The predicted octanol–water partition coefficient (Wildman–Crippen LogP) is 13.6. The fraction of sp³-hybridized carbons (Fsp3) is 0.612. The molecule has 3 N–H and O–H groups in total. The molecule has 0 saturated carbocycles. The first-order chi connectivity index (χ1) is 28.4. The van der Waals surface area contributed by atoms with E-state index in [-0.39, 0.29) is 38.8 Å². The Morgan fingerprint density at radius 3 is 1.36 bits per heavy atom. The summed E-state index contributed by atoms with van der Waals surface area (Å²) in [6.45, 7) is 4.59. The van der Waals surface area contributed by atoms with Crippen molar-refractivity contribution < 1.29 is 32.8 Å². The van der Waals surface area contributed by atoms with Crippen LogP contribution in [-0.4, -0.2) is 49.9 Å². The molecule has 0 aromatic carbocycles. The standard InChI is InChI=1S/C49H82NO7P/c1-3-5-7-9-11-13-15-17-19-21-23-25-27-29-31-33-35-37-39-41-44-54-46-48(47-56-58(52,53)55-45-43-50)57-49(51)42-40-38-36-34-32-30-28-26-24-22-20-18-16-14-12-10-8-6-4-2/h5-8,11-14,17-20,23-26,30,32,48H,3-4,9-10,15-16,21-22,27-29,31,33-47,50H2,1-2H3,(H,52,53)/b7-5-,8-6-,13-11-,14-12-,19-17-,20-18-,25-23-,26-24-,32-30-. The molecular weight excluding hydrogens is 746 g/mol. The average molecular weight is 828 g/mol. The Kier molecular flexibility index (Phi) is 43.0. The van der Waals surface area contributed by atoms with E-state index >= 15 is 0 Å². The lowest BCUT2D eigenvalue weighted by Gasteiger charge is -2.20. The zero-order valence-corrected chi connectivity index (χ0v) is 37.4. The Morgan fingerprint density at radius 2 is 0.914 bits per heavy atom. The number of hydrogen-bond acceptors (Lipinski definition) is 7. The van der Waals surface area contributed by atoms with Crippen molar-refractivity contribution in [1.29, 1.82) is 0 Å². The molecule has 0 amide bonds. The molecule has 0 spiro atoms. The van der Waals surface area contributed by atoms with Crippen LogP contribution in [0.3, 0.4) is 0 Å². The number of unbranched alkanes of at least 4 members (excludes halogenated alkanes) is 10. The van der Waals surface area contributed by atoms with Crippen LogP contribution in [-0.2, 0) is 27.9 Å². The minimum atomic E-state index is -4.30. The van der Waals surface area contributed by atoms with Gasteiger partial charge >= 0.3 is 13.8 Å². The van der Waals surface area contributed by atoms with Crippen LogP contribution in [0, 0.1) is 0 Å². The van der Waals surface area contributed by atoms with E-state index in [9.17, 15) is 14.3 Å². The van der Waals surface area contributed by atoms with Crippen LogP contribution in [0.25, 0.3) is 0 Å². The zero-order valence-electron chi connectivity index (χ0n) is 36.5. The van der Waals surface area contributed by atoms with E-state index in [1.165, 1.54) is 25.7 Å². The van der Waals surface area contributed by atoms with Crippen molar-refractivity contribution in [2.45, 2.75) is 161 Å². The molecule has 0 aliphatic rings. The van der Waals surface area contributed by atoms with Crippen LogP contribution < -0.4 is 5.73 Å². The molecule has 0 aliphatic heterocycles. The number of phosphoric ester groups is 1. The molecule has 0 saturated heterocycles. The summed E-state index contributed by atoms with van der Waals surface area (Å²) in [7, 11) is -4.30. The van der Waals surface area contributed by atoms with Crippen molar-refractivity contribution in [2.24, 2.45) is 5.73 Å². The second-order valence-electron chi connectivity index (χ2n) is 14.1. The Morgan fingerprint density at radius 1 is 0.517 bits per heavy atom. The zero-order chi connectivity index (χ0) is 42.3. The van der Waals surface area contributed by atoms with Crippen LogP contribution in [0.2, 0.25) is 0 Å². The monoisotopic (exact) mass is 828 g/mol.